The number of morpholine rings is 1. The van der Waals surface area contributed by atoms with E-state index in [1.165, 1.54) is 4.90 Å². The van der Waals surface area contributed by atoms with Crippen molar-refractivity contribution in [3.63, 3.8) is 0 Å². The van der Waals surface area contributed by atoms with Gasteiger partial charge in [-0.05, 0) is 27.7 Å². The van der Waals surface area contributed by atoms with Crippen LogP contribution in [0.2, 0.25) is 0 Å². The van der Waals surface area contributed by atoms with Crippen LogP contribution >= 0.6 is 0 Å². The van der Waals surface area contributed by atoms with Gasteiger partial charge in [-0.2, -0.15) is 5.10 Å². The fourth-order valence-electron chi connectivity index (χ4n) is 2.50. The molecule has 2 atom stereocenters. The third kappa shape index (κ3) is 4.60. The molecule has 0 radical (unpaired) electrons. The van der Waals surface area contributed by atoms with Gasteiger partial charge in [0.1, 0.15) is 5.60 Å². The lowest BCUT2D eigenvalue weighted by Gasteiger charge is -2.34. The highest BCUT2D eigenvalue weighted by Gasteiger charge is 2.44. The molecule has 26 heavy (non-hydrogen) atoms. The van der Waals surface area contributed by atoms with Crippen LogP contribution in [0, 0.1) is 6.92 Å². The van der Waals surface area contributed by atoms with Crippen molar-refractivity contribution in [2.75, 3.05) is 18.1 Å². The monoisotopic (exact) mass is 367 g/mol. The Labute approximate surface area is 152 Å². The van der Waals surface area contributed by atoms with Crippen molar-refractivity contribution in [1.29, 1.82) is 0 Å². The van der Waals surface area contributed by atoms with E-state index in [0.717, 1.165) is 12.6 Å². The van der Waals surface area contributed by atoms with Crippen LogP contribution in [-0.2, 0) is 35.6 Å². The molecule has 1 saturated heterocycles. The summed E-state index contributed by atoms with van der Waals surface area (Å²) in [5.74, 6) is -1.59. The van der Waals surface area contributed by atoms with Gasteiger partial charge in [-0.25, -0.2) is 4.79 Å². The fourth-order valence-corrected chi connectivity index (χ4v) is 2.50. The van der Waals surface area contributed by atoms with Gasteiger partial charge in [-0.1, -0.05) is 0 Å². The fraction of sp³-hybridized carbons (Fsp3) is 0.647. The van der Waals surface area contributed by atoms with Crippen LogP contribution in [0.4, 0.5) is 5.82 Å². The van der Waals surface area contributed by atoms with Crippen LogP contribution in [0.15, 0.2) is 6.07 Å². The van der Waals surface area contributed by atoms with E-state index in [1.807, 2.05) is 6.92 Å². The van der Waals surface area contributed by atoms with Crippen LogP contribution in [0.1, 0.15) is 33.4 Å². The van der Waals surface area contributed by atoms with Crippen LogP contribution < -0.4 is 4.90 Å². The summed E-state index contributed by atoms with van der Waals surface area (Å²) < 4.78 is 17.5. The molecule has 9 heteroatoms. The Hall–Kier alpha value is -2.42. The van der Waals surface area contributed by atoms with Crippen LogP contribution in [-0.4, -0.2) is 58.6 Å². The topological polar surface area (TPSA) is 100.0 Å². The van der Waals surface area contributed by atoms with Gasteiger partial charge in [0.15, 0.2) is 11.9 Å². The quantitative estimate of drug-likeness (QED) is 0.723. The first-order valence-electron chi connectivity index (χ1n) is 8.33. The largest absolute Gasteiger partial charge is 0.457 e. The van der Waals surface area contributed by atoms with Gasteiger partial charge in [0, 0.05) is 25.7 Å². The highest BCUT2D eigenvalue weighted by atomic mass is 16.6. The molecule has 0 saturated carbocycles. The predicted molar refractivity (Wildman–Crippen MR) is 91.4 cm³/mol. The summed E-state index contributed by atoms with van der Waals surface area (Å²) in [5, 5.41) is 4.29. The lowest BCUT2D eigenvalue weighted by atomic mass is 10.1. The van der Waals surface area contributed by atoms with E-state index in [4.69, 9.17) is 14.2 Å². The van der Waals surface area contributed by atoms with E-state index < -0.39 is 35.7 Å². The number of carbonyl (C=O) groups is 3. The molecule has 2 heterocycles. The van der Waals surface area contributed by atoms with Gasteiger partial charge >= 0.3 is 11.9 Å². The molecule has 1 fully saturated rings. The zero-order valence-corrected chi connectivity index (χ0v) is 15.9. The Morgan fingerprint density at radius 3 is 2.54 bits per heavy atom. The zero-order chi connectivity index (χ0) is 19.6. The van der Waals surface area contributed by atoms with E-state index in [2.05, 4.69) is 5.10 Å². The summed E-state index contributed by atoms with van der Waals surface area (Å²) in [6.45, 7) is 8.53. The van der Waals surface area contributed by atoms with Gasteiger partial charge in [-0.3, -0.25) is 19.2 Å². The highest BCUT2D eigenvalue weighted by Crippen LogP contribution is 2.22. The van der Waals surface area contributed by atoms with Crippen molar-refractivity contribution < 1.29 is 28.6 Å². The second-order valence-electron chi connectivity index (χ2n) is 7.11. The number of rotatable bonds is 4. The minimum Gasteiger partial charge on any atom is -0.457 e. The zero-order valence-electron chi connectivity index (χ0n) is 15.9. The van der Waals surface area contributed by atoms with Crippen molar-refractivity contribution in [2.45, 2.75) is 52.4 Å². The molecule has 0 N–H and O–H groups in total. The number of anilines is 1. The maximum Gasteiger partial charge on any atom is 0.351 e. The average Bonchev–Trinajstić information content (AvgIpc) is 2.82. The van der Waals surface area contributed by atoms with Gasteiger partial charge in [0.05, 0.1) is 13.2 Å². The van der Waals surface area contributed by atoms with E-state index >= 15 is 0 Å². The smallest absolute Gasteiger partial charge is 0.351 e. The number of amides is 1. The first-order valence-corrected chi connectivity index (χ1v) is 8.33. The van der Waals surface area contributed by atoms with E-state index in [1.54, 1.807) is 38.6 Å². The van der Waals surface area contributed by atoms with Crippen molar-refractivity contribution in [1.82, 2.24) is 9.78 Å². The molecular formula is C17H25N3O6. The number of esters is 2. The van der Waals surface area contributed by atoms with Gasteiger partial charge < -0.3 is 14.2 Å². The minimum atomic E-state index is -1.48. The number of ether oxygens (including phenoxy) is 3. The van der Waals surface area contributed by atoms with Crippen LogP contribution in [0.5, 0.6) is 0 Å². The molecular weight excluding hydrogens is 342 g/mol. The number of hydrogen-bond donors (Lipinski definition) is 0. The van der Waals surface area contributed by atoms with Crippen LogP contribution in [0.3, 0.4) is 0 Å². The van der Waals surface area contributed by atoms with Crippen LogP contribution in [0.25, 0.3) is 0 Å². The average molecular weight is 367 g/mol. The number of aromatic nitrogens is 2. The third-order valence-corrected chi connectivity index (χ3v) is 3.71. The normalized spacial score (nSPS) is 19.2. The van der Waals surface area contributed by atoms with E-state index in [-0.39, 0.29) is 13.2 Å². The Bertz CT molecular complexity index is 686. The molecule has 1 aromatic heterocycles. The Morgan fingerprint density at radius 2 is 2.04 bits per heavy atom. The summed E-state index contributed by atoms with van der Waals surface area (Å²) in [6, 6.07) is 1.76. The molecule has 0 aliphatic carbocycles. The molecule has 0 unspecified atom stereocenters. The van der Waals surface area contributed by atoms with E-state index in [9.17, 15) is 14.4 Å². The molecule has 1 aliphatic rings. The van der Waals surface area contributed by atoms with Gasteiger partial charge in [-0.15, -0.1) is 0 Å². The van der Waals surface area contributed by atoms with Crippen molar-refractivity contribution in [3.8, 4) is 0 Å². The van der Waals surface area contributed by atoms with Crippen molar-refractivity contribution in [2.24, 2.45) is 7.05 Å². The molecule has 2 rings (SSSR count). The van der Waals surface area contributed by atoms with Crippen molar-refractivity contribution in [3.05, 3.63) is 11.8 Å². The summed E-state index contributed by atoms with van der Waals surface area (Å²) >= 11 is 0. The summed E-state index contributed by atoms with van der Waals surface area (Å²) in [5.41, 5.74) is 0.0739. The van der Waals surface area contributed by atoms with Crippen molar-refractivity contribution >= 4 is 23.7 Å². The number of aryl methyl sites for hydroxylation is 2. The second-order valence-corrected chi connectivity index (χ2v) is 7.11. The summed E-state index contributed by atoms with van der Waals surface area (Å²) in [4.78, 5) is 38.2. The molecule has 1 aromatic rings. The predicted octanol–water partition coefficient (Wildman–Crippen LogP) is 0.734. The molecule has 9 nitrogen and oxygen atoms in total. The SMILES string of the molecule is CC(=O)O[C@@H](C(=O)OC(C)(C)C)[C@H]1OCCN(c2cc(C)n(C)n2)C1=O. The standard InChI is InChI=1S/C17H25N3O6/c1-10-9-12(18-19(10)6)20-7-8-24-13(15(20)22)14(25-11(2)21)16(23)26-17(3,4)5/h9,13-14H,7-8H2,1-6H3/t13-,14-/m1/s1. The lowest BCUT2D eigenvalue weighted by molar-refractivity contribution is -0.188. The van der Waals surface area contributed by atoms with Gasteiger partial charge in [0.25, 0.3) is 5.91 Å². The minimum absolute atomic E-state index is 0.173. The molecule has 1 amide bonds. The first-order chi connectivity index (χ1) is 12.0. The number of carbonyl (C=O) groups excluding carboxylic acids is 3. The molecule has 144 valence electrons. The number of nitrogens with zero attached hydrogens (tertiary/aromatic N) is 3. The molecule has 0 spiro atoms. The van der Waals surface area contributed by atoms with E-state index in [0.29, 0.717) is 5.82 Å². The molecule has 1 aliphatic heterocycles. The lowest BCUT2D eigenvalue weighted by Crippen LogP contribution is -2.56. The third-order valence-electron chi connectivity index (χ3n) is 3.71. The maximum atomic E-state index is 12.9. The maximum absolute atomic E-state index is 12.9. The number of hydrogen-bond acceptors (Lipinski definition) is 7. The Morgan fingerprint density at radius 1 is 1.38 bits per heavy atom. The first kappa shape index (κ1) is 19.9. The molecule has 0 aromatic carbocycles. The second kappa shape index (κ2) is 7.45. The summed E-state index contributed by atoms with van der Waals surface area (Å²) in [6.07, 6.45) is -2.77. The highest BCUT2D eigenvalue weighted by molar-refractivity contribution is 6.00. The Balaban J connectivity index is 2.27. The summed E-state index contributed by atoms with van der Waals surface area (Å²) in [7, 11) is 1.77. The Kier molecular flexibility index (Phi) is 5.70. The molecule has 0 bridgehead atoms. The van der Waals surface area contributed by atoms with Gasteiger partial charge in [0.2, 0.25) is 6.10 Å².